The van der Waals surface area contributed by atoms with Crippen LogP contribution in [0, 0.1) is 0 Å². The molecule has 0 aromatic heterocycles. The van der Waals surface area contributed by atoms with Crippen LogP contribution in [0.4, 0.5) is 0 Å². The van der Waals surface area contributed by atoms with Gasteiger partial charge in [-0.25, -0.2) is 8.42 Å². The third-order valence-electron chi connectivity index (χ3n) is 2.26. The highest BCUT2D eigenvalue weighted by molar-refractivity contribution is 7.89. The van der Waals surface area contributed by atoms with E-state index in [1.807, 2.05) is 6.92 Å². The van der Waals surface area contributed by atoms with Gasteiger partial charge in [0.1, 0.15) is 4.90 Å². The van der Waals surface area contributed by atoms with E-state index in [1.165, 1.54) is 10.4 Å². The van der Waals surface area contributed by atoms with Gasteiger partial charge in [-0.15, -0.1) is 11.6 Å². The molecule has 0 fully saturated rings. The molecule has 0 aliphatic rings. The van der Waals surface area contributed by atoms with E-state index >= 15 is 0 Å². The zero-order valence-electron chi connectivity index (χ0n) is 9.57. The Bertz CT molecular complexity index is 456. The van der Waals surface area contributed by atoms with Crippen LogP contribution in [-0.2, 0) is 10.0 Å². The van der Waals surface area contributed by atoms with Crippen LogP contribution in [-0.4, -0.2) is 31.7 Å². The Balaban J connectivity index is 3.12. The van der Waals surface area contributed by atoms with Gasteiger partial charge >= 0.3 is 0 Å². The van der Waals surface area contributed by atoms with Gasteiger partial charge in [0.15, 0.2) is 0 Å². The lowest BCUT2D eigenvalue weighted by Gasteiger charge is -2.21. The smallest absolute Gasteiger partial charge is 0.207 e. The predicted octanol–water partition coefficient (Wildman–Crippen LogP) is 2.98. The maximum Gasteiger partial charge on any atom is 0.244 e. The van der Waals surface area contributed by atoms with E-state index in [4.69, 9.17) is 23.2 Å². The summed E-state index contributed by atoms with van der Waals surface area (Å²) >= 11 is 11.5. The van der Waals surface area contributed by atoms with Gasteiger partial charge in [0.05, 0.1) is 5.02 Å². The summed E-state index contributed by atoms with van der Waals surface area (Å²) in [5.41, 5.74) is 0. The molecule has 0 saturated carbocycles. The lowest BCUT2D eigenvalue weighted by atomic mass is 10.4. The molecule has 17 heavy (non-hydrogen) atoms. The van der Waals surface area contributed by atoms with Crippen LogP contribution in [0.5, 0.6) is 0 Å². The lowest BCUT2D eigenvalue weighted by Crippen LogP contribution is -2.33. The van der Waals surface area contributed by atoms with Crippen LogP contribution in [0.3, 0.4) is 0 Å². The Labute approximate surface area is 112 Å². The number of sulfonamides is 1. The fraction of sp³-hybridized carbons (Fsp3) is 0.455. The maximum absolute atomic E-state index is 12.3. The fourth-order valence-corrected chi connectivity index (χ4v) is 3.82. The van der Waals surface area contributed by atoms with Crippen molar-refractivity contribution in [3.05, 3.63) is 29.3 Å². The summed E-state index contributed by atoms with van der Waals surface area (Å²) in [4.78, 5) is 0.139. The van der Waals surface area contributed by atoms with E-state index in [0.29, 0.717) is 13.1 Å². The van der Waals surface area contributed by atoms with Crippen LogP contribution in [0.15, 0.2) is 29.2 Å². The van der Waals surface area contributed by atoms with Crippen molar-refractivity contribution in [1.29, 1.82) is 0 Å². The van der Waals surface area contributed by atoms with E-state index < -0.39 is 10.0 Å². The highest BCUT2D eigenvalue weighted by Gasteiger charge is 2.25. The minimum atomic E-state index is -3.54. The monoisotopic (exact) mass is 295 g/mol. The SMILES string of the molecule is CCCN(CCCl)S(=O)(=O)c1ccccc1Cl. The second-order valence-corrected chi connectivity index (χ2v) is 6.22. The summed E-state index contributed by atoms with van der Waals surface area (Å²) in [5.74, 6) is 0.268. The van der Waals surface area contributed by atoms with Crippen molar-refractivity contribution in [2.45, 2.75) is 18.2 Å². The predicted molar refractivity (Wildman–Crippen MR) is 71.2 cm³/mol. The van der Waals surface area contributed by atoms with Gasteiger partial charge in [-0.2, -0.15) is 4.31 Å². The number of alkyl halides is 1. The van der Waals surface area contributed by atoms with E-state index in [0.717, 1.165) is 6.42 Å². The van der Waals surface area contributed by atoms with Crippen molar-refractivity contribution in [3.8, 4) is 0 Å². The third-order valence-corrected chi connectivity index (χ3v) is 4.83. The Morgan fingerprint density at radius 1 is 1.24 bits per heavy atom. The van der Waals surface area contributed by atoms with Gasteiger partial charge in [-0.1, -0.05) is 30.7 Å². The number of hydrogen-bond acceptors (Lipinski definition) is 2. The molecular weight excluding hydrogens is 281 g/mol. The molecule has 0 radical (unpaired) electrons. The van der Waals surface area contributed by atoms with Gasteiger partial charge in [-0.05, 0) is 18.6 Å². The largest absolute Gasteiger partial charge is 0.244 e. The van der Waals surface area contributed by atoms with Crippen LogP contribution >= 0.6 is 23.2 Å². The van der Waals surface area contributed by atoms with Crippen molar-refractivity contribution in [2.75, 3.05) is 19.0 Å². The number of rotatable bonds is 6. The van der Waals surface area contributed by atoms with Gasteiger partial charge in [-0.3, -0.25) is 0 Å². The molecule has 0 aliphatic carbocycles. The molecule has 0 unspecified atom stereocenters. The van der Waals surface area contributed by atoms with Crippen LogP contribution in [0.2, 0.25) is 5.02 Å². The molecule has 0 N–H and O–H groups in total. The van der Waals surface area contributed by atoms with Crippen LogP contribution < -0.4 is 0 Å². The van der Waals surface area contributed by atoms with Crippen LogP contribution in [0.1, 0.15) is 13.3 Å². The van der Waals surface area contributed by atoms with Crippen LogP contribution in [0.25, 0.3) is 0 Å². The highest BCUT2D eigenvalue weighted by Crippen LogP contribution is 2.24. The zero-order valence-corrected chi connectivity index (χ0v) is 11.9. The average Bonchev–Trinajstić information content (AvgIpc) is 2.29. The average molecular weight is 296 g/mol. The summed E-state index contributed by atoms with van der Waals surface area (Å²) in [6.45, 7) is 2.66. The Hall–Kier alpha value is -0.290. The Morgan fingerprint density at radius 2 is 1.88 bits per heavy atom. The molecule has 6 heteroatoms. The van der Waals surface area contributed by atoms with E-state index in [2.05, 4.69) is 0 Å². The maximum atomic E-state index is 12.3. The fourth-order valence-electron chi connectivity index (χ4n) is 1.49. The molecule has 0 amide bonds. The second kappa shape index (κ2) is 6.59. The molecule has 1 aromatic carbocycles. The molecular formula is C11H15Cl2NO2S. The quantitative estimate of drug-likeness (QED) is 0.757. The van der Waals surface area contributed by atoms with Crippen molar-refractivity contribution in [2.24, 2.45) is 0 Å². The lowest BCUT2D eigenvalue weighted by molar-refractivity contribution is 0.429. The summed E-state index contributed by atoms with van der Waals surface area (Å²) in [6, 6.07) is 6.43. The van der Waals surface area contributed by atoms with E-state index in [1.54, 1.807) is 18.2 Å². The van der Waals surface area contributed by atoms with Gasteiger partial charge in [0.2, 0.25) is 10.0 Å². The number of nitrogens with zero attached hydrogens (tertiary/aromatic N) is 1. The number of halogens is 2. The topological polar surface area (TPSA) is 37.4 Å². The number of benzene rings is 1. The Morgan fingerprint density at radius 3 is 2.41 bits per heavy atom. The van der Waals surface area contributed by atoms with E-state index in [-0.39, 0.29) is 15.8 Å². The van der Waals surface area contributed by atoms with Crippen molar-refractivity contribution in [1.82, 2.24) is 4.31 Å². The molecule has 0 saturated heterocycles. The second-order valence-electron chi connectivity index (χ2n) is 3.52. The Kier molecular flexibility index (Phi) is 5.73. The summed E-state index contributed by atoms with van der Waals surface area (Å²) in [5, 5.41) is 0.239. The molecule has 3 nitrogen and oxygen atoms in total. The minimum Gasteiger partial charge on any atom is -0.207 e. The summed E-state index contributed by atoms with van der Waals surface area (Å²) in [6.07, 6.45) is 0.737. The minimum absolute atomic E-state index is 0.139. The molecule has 0 bridgehead atoms. The van der Waals surface area contributed by atoms with Crippen molar-refractivity contribution >= 4 is 33.2 Å². The first-order chi connectivity index (χ1) is 8.04. The first-order valence-corrected chi connectivity index (χ1v) is 7.70. The first-order valence-electron chi connectivity index (χ1n) is 5.34. The van der Waals surface area contributed by atoms with Crippen molar-refractivity contribution in [3.63, 3.8) is 0 Å². The molecule has 0 aliphatic heterocycles. The molecule has 1 rings (SSSR count). The third kappa shape index (κ3) is 3.58. The molecule has 0 atom stereocenters. The van der Waals surface area contributed by atoms with Crippen molar-refractivity contribution < 1.29 is 8.42 Å². The molecule has 1 aromatic rings. The van der Waals surface area contributed by atoms with E-state index in [9.17, 15) is 8.42 Å². The van der Waals surface area contributed by atoms with Gasteiger partial charge in [0, 0.05) is 19.0 Å². The highest BCUT2D eigenvalue weighted by atomic mass is 35.5. The summed E-state index contributed by atoms with van der Waals surface area (Å²) in [7, 11) is -3.54. The summed E-state index contributed by atoms with van der Waals surface area (Å²) < 4.78 is 26.0. The van der Waals surface area contributed by atoms with Gasteiger partial charge < -0.3 is 0 Å². The molecule has 0 spiro atoms. The zero-order chi connectivity index (χ0) is 12.9. The normalized spacial score (nSPS) is 12.0. The van der Waals surface area contributed by atoms with Gasteiger partial charge in [0.25, 0.3) is 0 Å². The standard InChI is InChI=1S/C11H15Cl2NO2S/c1-2-8-14(9-7-12)17(15,16)11-6-4-3-5-10(11)13/h3-6H,2,7-9H2,1H3. The first kappa shape index (κ1) is 14.8. The number of hydrogen-bond donors (Lipinski definition) is 0. The molecule has 0 heterocycles. The molecule has 96 valence electrons.